The number of sulfonamides is 3. The Morgan fingerprint density at radius 3 is 0.865 bits per heavy atom. The number of aryl methyl sites for hydroxylation is 3. The molecule has 3 atom stereocenters. The number of amides is 3. The van der Waals surface area contributed by atoms with Gasteiger partial charge in [-0.05, 0) is 321 Å². The summed E-state index contributed by atoms with van der Waals surface area (Å²) in [6.07, 6.45) is 38.3. The Morgan fingerprint density at radius 2 is 0.611 bits per heavy atom. The zero-order valence-corrected chi connectivity index (χ0v) is 75.3. The standard InChI is InChI=1S/3C30H39N7O4S/c3*1-30(2)18-20-4-3-14-35-15-12-27(33-35)42(39,40)34-29(38)24-9-10-25(31-28(24)36(30)19-20)37-16-11-26(32-37)41-17-13-23(21-5-6-21)22-7-8-22/h3*9-12,15-16,20-23H,3-8,13-14,17-19H2,1-2H3,(H,34,38). The number of aromatic nitrogens is 15. The van der Waals surface area contributed by atoms with Crippen LogP contribution < -0.4 is 43.1 Å². The van der Waals surface area contributed by atoms with Crippen LogP contribution in [-0.2, 0) is 49.7 Å². The van der Waals surface area contributed by atoms with Crippen LogP contribution >= 0.6 is 0 Å². The summed E-state index contributed by atoms with van der Waals surface area (Å²) in [5.41, 5.74) is -0.241. The number of rotatable bonds is 21. The number of carbonyl (C=O) groups is 3. The number of hydrogen-bond acceptors (Lipinski definition) is 24. The number of anilines is 3. The first-order chi connectivity index (χ1) is 60.5. The quantitative estimate of drug-likeness (QED) is 0.0601. The first-order valence-corrected chi connectivity index (χ1v) is 50.2. The zero-order valence-electron chi connectivity index (χ0n) is 72.8. The fourth-order valence-corrected chi connectivity index (χ4v) is 23.7. The Hall–Kier alpha value is -10.2. The molecule has 9 fully saturated rings. The molecular formula is C90H117N21O12S3. The molecule has 0 aromatic carbocycles. The van der Waals surface area contributed by atoms with E-state index in [2.05, 4.69) is 101 Å². The minimum atomic E-state index is -4.15. The molecule has 6 saturated carbocycles. The van der Waals surface area contributed by atoms with E-state index in [1.807, 2.05) is 36.8 Å². The van der Waals surface area contributed by atoms with Crippen molar-refractivity contribution in [1.82, 2.24) is 87.8 Å². The van der Waals surface area contributed by atoms with Crippen LogP contribution in [0.3, 0.4) is 0 Å². The molecule has 3 N–H and O–H groups in total. The molecule has 9 aromatic rings. The van der Waals surface area contributed by atoms with Crippen LogP contribution in [0.25, 0.3) is 17.5 Å². The molecule has 3 unspecified atom stereocenters. The summed E-state index contributed by atoms with van der Waals surface area (Å²) in [5.74, 6) is 11.3. The molecule has 9 aromatic heterocycles. The molecular weight excluding hydrogens is 1660 g/mol. The van der Waals surface area contributed by atoms with Gasteiger partial charge in [-0.15, -0.1) is 15.3 Å². The Labute approximate surface area is 736 Å². The highest BCUT2D eigenvalue weighted by molar-refractivity contribution is 7.90. The highest BCUT2D eigenvalue weighted by atomic mass is 32.2. The smallest absolute Gasteiger partial charge is 0.283 e. The maximum absolute atomic E-state index is 13.5. The third-order valence-electron chi connectivity index (χ3n) is 28.2. The van der Waals surface area contributed by atoms with E-state index in [-0.39, 0.29) is 48.4 Å². The summed E-state index contributed by atoms with van der Waals surface area (Å²) in [6.45, 7) is 18.9. The fraction of sp³-hybridized carbons (Fsp3) is 0.600. The van der Waals surface area contributed by atoms with E-state index in [1.165, 1.54) is 95.2 Å². The van der Waals surface area contributed by atoms with Gasteiger partial charge in [-0.1, -0.05) is 0 Å². The average molecular weight is 1780 g/mol. The average Bonchev–Trinajstić information content (AvgIpc) is 1.70. The Balaban J connectivity index is 0.000000123. The van der Waals surface area contributed by atoms with E-state index >= 15 is 0 Å². The predicted molar refractivity (Wildman–Crippen MR) is 468 cm³/mol. The van der Waals surface area contributed by atoms with Crippen molar-refractivity contribution in [3.8, 4) is 35.1 Å². The molecule has 0 radical (unpaired) electrons. The van der Waals surface area contributed by atoms with Gasteiger partial charge >= 0.3 is 0 Å². The lowest BCUT2D eigenvalue weighted by molar-refractivity contribution is 0.0972. The molecule has 3 amide bonds. The topological polar surface area (TPSA) is 373 Å². The molecule has 33 nitrogen and oxygen atoms in total. The lowest BCUT2D eigenvalue weighted by Gasteiger charge is -2.34. The van der Waals surface area contributed by atoms with Gasteiger partial charge in [-0.3, -0.25) is 28.4 Å². The normalized spacial score (nSPS) is 23.4. The second kappa shape index (κ2) is 34.1. The lowest BCUT2D eigenvalue weighted by Crippen LogP contribution is -2.41. The SMILES string of the molecule is CC1(C)CC2CCCn3ccc(n3)S(=O)(=O)NC(=O)c3ccc(-n4ccc(OCCC(C5CC5)C5CC5)n4)nc3N1C2.CC1(C)CC2CCCn3ccc(n3)S(=O)(=O)NC(=O)c3ccc(-n4ccc(OCCC(C5CC5)C5CC5)n4)nc3N1C2.CC1(C)CC2CCCn3ccc(n3)S(=O)(=O)NC(=O)c3ccc(-n4ccc(OCCC(C5CC5)C5CC5)n4)nc3N1C2. The van der Waals surface area contributed by atoms with Crippen molar-refractivity contribution >= 4 is 65.2 Å². The zero-order chi connectivity index (χ0) is 87.2. The maximum atomic E-state index is 13.5. The molecule has 126 heavy (non-hydrogen) atoms. The number of carbonyl (C=O) groups excluding carboxylic acids is 3. The predicted octanol–water partition coefficient (Wildman–Crippen LogP) is 12.6. The molecule has 6 aliphatic heterocycles. The minimum Gasteiger partial charge on any atom is -0.477 e. The van der Waals surface area contributed by atoms with E-state index < -0.39 is 47.8 Å². The highest BCUT2D eigenvalue weighted by Gasteiger charge is 2.48. The van der Waals surface area contributed by atoms with E-state index in [9.17, 15) is 39.6 Å². The number of pyridine rings is 3. The van der Waals surface area contributed by atoms with Crippen LogP contribution in [0.15, 0.2) is 125 Å². The minimum absolute atomic E-state index is 0.174. The van der Waals surface area contributed by atoms with Crippen LogP contribution in [-0.4, -0.2) is 173 Å². The molecule has 21 rings (SSSR count). The molecule has 0 spiro atoms. The molecule has 36 heteroatoms. The molecule has 12 bridgehead atoms. The maximum Gasteiger partial charge on any atom is 0.283 e. The van der Waals surface area contributed by atoms with Gasteiger partial charge in [0.05, 0.1) is 36.5 Å². The van der Waals surface area contributed by atoms with Crippen molar-refractivity contribution in [2.24, 2.45) is 71.0 Å². The third-order valence-corrected chi connectivity index (χ3v) is 31.8. The number of nitrogens with zero attached hydrogens (tertiary/aromatic N) is 18. The fourth-order valence-electron chi connectivity index (χ4n) is 21.0. The number of fused-ring (bicyclic) bond motifs is 18. The molecule has 672 valence electrons. The highest BCUT2D eigenvalue weighted by Crippen LogP contribution is 2.54. The van der Waals surface area contributed by atoms with Crippen molar-refractivity contribution in [1.29, 1.82) is 0 Å². The van der Waals surface area contributed by atoms with Crippen LogP contribution in [0.4, 0.5) is 17.5 Å². The summed E-state index contributed by atoms with van der Waals surface area (Å²) in [6, 6.07) is 19.8. The van der Waals surface area contributed by atoms with Gasteiger partial charge in [0.1, 0.15) is 17.5 Å². The molecule has 6 aliphatic carbocycles. The Morgan fingerprint density at radius 1 is 0.349 bits per heavy atom. The number of hydrogen-bond donors (Lipinski definition) is 3. The second-order valence-electron chi connectivity index (χ2n) is 39.3. The largest absolute Gasteiger partial charge is 0.477 e. The summed E-state index contributed by atoms with van der Waals surface area (Å²) in [4.78, 5) is 61.7. The van der Waals surface area contributed by atoms with Gasteiger partial charge in [0.2, 0.25) is 17.6 Å². The summed E-state index contributed by atoms with van der Waals surface area (Å²) in [5, 5.41) is 26.0. The van der Waals surface area contributed by atoms with Crippen LogP contribution in [0.5, 0.6) is 17.6 Å². The van der Waals surface area contributed by atoms with Crippen molar-refractivity contribution in [2.45, 2.75) is 247 Å². The van der Waals surface area contributed by atoms with Gasteiger partial charge < -0.3 is 28.9 Å². The Kier molecular flexibility index (Phi) is 23.1. The van der Waals surface area contributed by atoms with Gasteiger partial charge in [0.15, 0.2) is 32.5 Å². The van der Waals surface area contributed by atoms with Crippen molar-refractivity contribution in [2.75, 3.05) is 54.2 Å². The van der Waals surface area contributed by atoms with Gasteiger partial charge in [0.25, 0.3) is 47.8 Å². The van der Waals surface area contributed by atoms with Gasteiger partial charge in [-0.25, -0.2) is 43.2 Å². The molecule has 15 heterocycles. The first-order valence-electron chi connectivity index (χ1n) is 45.7. The summed E-state index contributed by atoms with van der Waals surface area (Å²) in [7, 11) is -12.5. The number of ether oxygens (including phenoxy) is 3. The summed E-state index contributed by atoms with van der Waals surface area (Å²) < 4.78 is 113. The van der Waals surface area contributed by atoms with E-state index in [0.717, 1.165) is 150 Å². The summed E-state index contributed by atoms with van der Waals surface area (Å²) >= 11 is 0. The second-order valence-corrected chi connectivity index (χ2v) is 44.2. The number of nitrogens with one attached hydrogen (secondary N) is 3. The molecule has 12 aliphatic rings. The van der Waals surface area contributed by atoms with Gasteiger partial charge in [0, 0.05) is 111 Å². The monoisotopic (exact) mass is 1780 g/mol. The third kappa shape index (κ3) is 19.2. The van der Waals surface area contributed by atoms with Crippen molar-refractivity contribution in [3.05, 3.63) is 127 Å². The molecule has 3 saturated heterocycles. The van der Waals surface area contributed by atoms with E-state index in [0.29, 0.717) is 110 Å². The first kappa shape index (κ1) is 85.2. The van der Waals surface area contributed by atoms with Crippen molar-refractivity contribution in [3.63, 3.8) is 0 Å². The van der Waals surface area contributed by atoms with Gasteiger partial charge in [-0.2, -0.15) is 40.5 Å². The lowest BCUT2D eigenvalue weighted by atomic mass is 9.93. The van der Waals surface area contributed by atoms with Crippen LogP contribution in [0, 0.1) is 71.0 Å². The van der Waals surface area contributed by atoms with E-state index in [4.69, 9.17) is 29.2 Å². The van der Waals surface area contributed by atoms with Crippen LogP contribution in [0.1, 0.15) is 227 Å². The van der Waals surface area contributed by atoms with Crippen LogP contribution in [0.2, 0.25) is 0 Å². The van der Waals surface area contributed by atoms with Crippen molar-refractivity contribution < 1.29 is 53.8 Å². The van der Waals surface area contributed by atoms with E-state index in [1.54, 1.807) is 83.1 Å². The Bertz CT molecular complexity index is 5290.